The molecule has 158 valence electrons. The van der Waals surface area contributed by atoms with Gasteiger partial charge in [0.15, 0.2) is 17.3 Å². The van der Waals surface area contributed by atoms with Crippen LogP contribution in [-0.4, -0.2) is 67.4 Å². The first kappa shape index (κ1) is 19.9. The molecule has 30 heavy (non-hydrogen) atoms. The number of benzene rings is 1. The molecule has 1 amide bonds. The molecule has 1 fully saturated rings. The summed E-state index contributed by atoms with van der Waals surface area (Å²) < 4.78 is 12.4. The zero-order valence-electron chi connectivity index (χ0n) is 17.6. The highest BCUT2D eigenvalue weighted by molar-refractivity contribution is 5.93. The van der Waals surface area contributed by atoms with Gasteiger partial charge in [0.25, 0.3) is 0 Å². The Hall–Kier alpha value is -3.42. The highest BCUT2D eigenvalue weighted by Crippen LogP contribution is 2.33. The van der Waals surface area contributed by atoms with Gasteiger partial charge in [-0.2, -0.15) is 0 Å². The second kappa shape index (κ2) is 8.52. The summed E-state index contributed by atoms with van der Waals surface area (Å²) in [4.78, 5) is 21.9. The predicted molar refractivity (Wildman–Crippen MR) is 118 cm³/mol. The number of aromatic nitrogens is 2. The second-order valence-corrected chi connectivity index (χ2v) is 7.11. The Morgan fingerprint density at radius 2 is 1.83 bits per heavy atom. The lowest BCUT2D eigenvalue weighted by atomic mass is 10.2. The fourth-order valence-corrected chi connectivity index (χ4v) is 3.87. The molecule has 1 saturated heterocycles. The van der Waals surface area contributed by atoms with Gasteiger partial charge in [-0.05, 0) is 31.2 Å². The number of hydrogen-bond donors (Lipinski definition) is 1. The van der Waals surface area contributed by atoms with Crippen molar-refractivity contribution in [2.45, 2.75) is 6.92 Å². The number of rotatable bonds is 5. The van der Waals surface area contributed by atoms with E-state index in [4.69, 9.17) is 9.47 Å². The number of hydrogen-bond acceptors (Lipinski definition) is 6. The van der Waals surface area contributed by atoms with Gasteiger partial charge in [0.05, 0.1) is 25.4 Å². The van der Waals surface area contributed by atoms with Crippen LogP contribution in [0, 0.1) is 0 Å². The molecule has 4 rings (SSSR count). The van der Waals surface area contributed by atoms with Gasteiger partial charge in [-0.3, -0.25) is 4.57 Å². The van der Waals surface area contributed by atoms with Crippen LogP contribution in [0.5, 0.6) is 11.5 Å². The van der Waals surface area contributed by atoms with Crippen molar-refractivity contribution in [3.8, 4) is 11.5 Å². The molecule has 8 heteroatoms. The largest absolute Gasteiger partial charge is 0.493 e. The molecule has 0 aliphatic carbocycles. The normalized spacial score (nSPS) is 14.1. The minimum Gasteiger partial charge on any atom is -0.493 e. The maximum atomic E-state index is 13.2. The van der Waals surface area contributed by atoms with Crippen molar-refractivity contribution in [3.63, 3.8) is 0 Å². The third kappa shape index (κ3) is 3.60. The average Bonchev–Trinajstić information content (AvgIpc) is 3.21. The van der Waals surface area contributed by atoms with Crippen LogP contribution in [0.3, 0.4) is 0 Å². The Balaban J connectivity index is 1.51. The number of nitrogens with zero attached hydrogens (tertiary/aromatic N) is 4. The maximum Gasteiger partial charge on any atom is 0.328 e. The molecule has 1 aliphatic rings. The van der Waals surface area contributed by atoms with E-state index in [1.807, 2.05) is 35.2 Å². The van der Waals surface area contributed by atoms with E-state index in [1.165, 1.54) is 0 Å². The number of pyridine rings is 1. The van der Waals surface area contributed by atoms with Gasteiger partial charge in [-0.15, -0.1) is 0 Å². The number of ether oxygens (including phenoxy) is 2. The quantitative estimate of drug-likeness (QED) is 0.697. The molecule has 1 aliphatic heterocycles. The van der Waals surface area contributed by atoms with E-state index in [2.05, 4.69) is 22.1 Å². The summed E-state index contributed by atoms with van der Waals surface area (Å²) in [5.41, 5.74) is 1.83. The molecule has 3 aromatic rings. The molecule has 1 N–H and O–H groups in total. The molecular formula is C22H27N5O3. The first-order valence-electron chi connectivity index (χ1n) is 10.1. The lowest BCUT2D eigenvalue weighted by molar-refractivity contribution is 0.197. The number of piperazine rings is 1. The van der Waals surface area contributed by atoms with Crippen LogP contribution < -0.4 is 19.7 Å². The Morgan fingerprint density at radius 1 is 1.10 bits per heavy atom. The van der Waals surface area contributed by atoms with Gasteiger partial charge >= 0.3 is 6.03 Å². The van der Waals surface area contributed by atoms with E-state index in [-0.39, 0.29) is 6.03 Å². The first-order valence-corrected chi connectivity index (χ1v) is 10.1. The molecular weight excluding hydrogens is 382 g/mol. The van der Waals surface area contributed by atoms with Gasteiger partial charge in [-0.1, -0.05) is 0 Å². The SMILES string of the molecule is CCNc1cccnc1N1CCN(C(=O)n2ccc3cc(OC)c(OC)cc32)CC1. The Morgan fingerprint density at radius 3 is 2.53 bits per heavy atom. The van der Waals surface area contributed by atoms with Crippen LogP contribution >= 0.6 is 0 Å². The molecule has 2 aromatic heterocycles. The highest BCUT2D eigenvalue weighted by Gasteiger charge is 2.25. The van der Waals surface area contributed by atoms with E-state index in [1.54, 1.807) is 31.2 Å². The number of amides is 1. The van der Waals surface area contributed by atoms with Gasteiger partial charge in [0.2, 0.25) is 0 Å². The predicted octanol–water partition coefficient (Wildman–Crippen LogP) is 3.28. The molecule has 0 saturated carbocycles. The third-order valence-electron chi connectivity index (χ3n) is 5.41. The van der Waals surface area contributed by atoms with E-state index < -0.39 is 0 Å². The van der Waals surface area contributed by atoms with Crippen LogP contribution in [0.4, 0.5) is 16.3 Å². The van der Waals surface area contributed by atoms with Crippen molar-refractivity contribution in [1.82, 2.24) is 14.5 Å². The summed E-state index contributed by atoms with van der Waals surface area (Å²) in [6.07, 6.45) is 3.61. The Labute approximate surface area is 176 Å². The fraction of sp³-hybridized carbons (Fsp3) is 0.364. The number of anilines is 2. The van der Waals surface area contributed by atoms with Crippen molar-refractivity contribution < 1.29 is 14.3 Å². The number of methoxy groups -OCH3 is 2. The summed E-state index contributed by atoms with van der Waals surface area (Å²) in [5.74, 6) is 2.19. The van der Waals surface area contributed by atoms with Gasteiger partial charge < -0.3 is 24.6 Å². The summed E-state index contributed by atoms with van der Waals surface area (Å²) >= 11 is 0. The third-order valence-corrected chi connectivity index (χ3v) is 5.41. The Bertz CT molecular complexity index is 1040. The number of fused-ring (bicyclic) bond motifs is 1. The molecule has 1 aromatic carbocycles. The average molecular weight is 409 g/mol. The van der Waals surface area contributed by atoms with Crippen molar-refractivity contribution in [1.29, 1.82) is 0 Å². The number of carbonyl (C=O) groups is 1. The van der Waals surface area contributed by atoms with Gasteiger partial charge in [0, 0.05) is 56.6 Å². The smallest absolute Gasteiger partial charge is 0.328 e. The van der Waals surface area contributed by atoms with Crippen molar-refractivity contribution in [2.75, 3.05) is 57.2 Å². The van der Waals surface area contributed by atoms with Gasteiger partial charge in [0.1, 0.15) is 0 Å². The number of carbonyl (C=O) groups excluding carboxylic acids is 1. The topological polar surface area (TPSA) is 71.9 Å². The van der Waals surface area contributed by atoms with Crippen LogP contribution in [0.15, 0.2) is 42.7 Å². The van der Waals surface area contributed by atoms with E-state index in [0.29, 0.717) is 24.6 Å². The van der Waals surface area contributed by atoms with Crippen molar-refractivity contribution in [3.05, 3.63) is 42.7 Å². The monoisotopic (exact) mass is 409 g/mol. The molecule has 0 spiro atoms. The second-order valence-electron chi connectivity index (χ2n) is 7.11. The molecule has 0 radical (unpaired) electrons. The first-order chi connectivity index (χ1) is 14.7. The Kier molecular flexibility index (Phi) is 5.65. The van der Waals surface area contributed by atoms with E-state index >= 15 is 0 Å². The minimum absolute atomic E-state index is 0.0372. The van der Waals surface area contributed by atoms with Crippen LogP contribution in [0.25, 0.3) is 10.9 Å². The molecule has 3 heterocycles. The molecule has 0 bridgehead atoms. The van der Waals surface area contributed by atoms with Gasteiger partial charge in [-0.25, -0.2) is 9.78 Å². The van der Waals surface area contributed by atoms with Crippen LogP contribution in [0.2, 0.25) is 0 Å². The summed E-state index contributed by atoms with van der Waals surface area (Å²) in [7, 11) is 3.20. The lowest BCUT2D eigenvalue weighted by Gasteiger charge is -2.36. The van der Waals surface area contributed by atoms with E-state index in [0.717, 1.165) is 42.0 Å². The zero-order chi connectivity index (χ0) is 21.1. The standard InChI is InChI=1S/C22H27N5O3/c1-4-23-17-6-5-8-24-21(17)25-10-12-26(13-11-25)22(28)27-9-7-16-14-19(29-2)20(30-3)15-18(16)27/h5-9,14-15,23H,4,10-13H2,1-3H3. The van der Waals surface area contributed by atoms with Crippen LogP contribution in [0.1, 0.15) is 6.92 Å². The van der Waals surface area contributed by atoms with Crippen LogP contribution in [-0.2, 0) is 0 Å². The summed E-state index contributed by atoms with van der Waals surface area (Å²) in [5, 5.41) is 4.29. The highest BCUT2D eigenvalue weighted by atomic mass is 16.5. The van der Waals surface area contributed by atoms with Crippen molar-refractivity contribution in [2.24, 2.45) is 0 Å². The molecule has 8 nitrogen and oxygen atoms in total. The molecule has 0 unspecified atom stereocenters. The zero-order valence-corrected chi connectivity index (χ0v) is 17.6. The fourth-order valence-electron chi connectivity index (χ4n) is 3.87. The number of nitrogens with one attached hydrogen (secondary N) is 1. The lowest BCUT2D eigenvalue weighted by Crippen LogP contribution is -2.50. The maximum absolute atomic E-state index is 13.2. The van der Waals surface area contributed by atoms with E-state index in [9.17, 15) is 4.79 Å². The minimum atomic E-state index is -0.0372. The summed E-state index contributed by atoms with van der Waals surface area (Å²) in [6.45, 7) is 5.64. The van der Waals surface area contributed by atoms with Crippen molar-refractivity contribution >= 4 is 28.4 Å². The molecule has 0 atom stereocenters. The summed E-state index contributed by atoms with van der Waals surface area (Å²) in [6, 6.07) is 9.59.